The summed E-state index contributed by atoms with van der Waals surface area (Å²) in [7, 11) is 0. The summed E-state index contributed by atoms with van der Waals surface area (Å²) in [5, 5.41) is 9.29. The Kier molecular flexibility index (Phi) is 16.4. The van der Waals surface area contributed by atoms with Crippen molar-refractivity contribution in [2.24, 2.45) is 40.4 Å². The summed E-state index contributed by atoms with van der Waals surface area (Å²) in [5.74, 6) is 3.26. The normalized spacial score (nSPS) is 34.0. The van der Waals surface area contributed by atoms with E-state index in [4.69, 9.17) is 9.57 Å². The molecule has 0 aromatic heterocycles. The van der Waals surface area contributed by atoms with Crippen molar-refractivity contribution in [3.05, 3.63) is 12.2 Å². The van der Waals surface area contributed by atoms with Crippen LogP contribution >= 0.6 is 0 Å². The average molecular weight is 644 g/mol. The molecule has 0 bridgehead atoms. The molecule has 4 aliphatic carbocycles. The zero-order chi connectivity index (χ0) is 32.7. The SMILES string of the molecule is CCCCCCCC/C=C\CCCCCCCCNOCO[C@@H]1CC[C@@]2(C)C(CCC3C2CC[C@]2(C)C(CCC(=O)O)CCC32)C1. The fourth-order valence-corrected chi connectivity index (χ4v) is 10.9. The summed E-state index contributed by atoms with van der Waals surface area (Å²) in [4.78, 5) is 17.0. The van der Waals surface area contributed by atoms with Crippen LogP contribution in [0.15, 0.2) is 12.2 Å². The van der Waals surface area contributed by atoms with E-state index in [1.165, 1.54) is 141 Å². The van der Waals surface area contributed by atoms with Gasteiger partial charge in [-0.3, -0.25) is 9.63 Å². The first-order chi connectivity index (χ1) is 22.4. The second kappa shape index (κ2) is 19.9. The van der Waals surface area contributed by atoms with Crippen LogP contribution < -0.4 is 5.48 Å². The predicted molar refractivity (Wildman–Crippen MR) is 190 cm³/mol. The molecule has 5 nitrogen and oxygen atoms in total. The third-order valence-electron chi connectivity index (χ3n) is 13.8. The lowest BCUT2D eigenvalue weighted by Gasteiger charge is -2.61. The minimum Gasteiger partial charge on any atom is -0.481 e. The minimum absolute atomic E-state index is 0.336. The van der Waals surface area contributed by atoms with E-state index in [1.807, 2.05) is 0 Å². The van der Waals surface area contributed by atoms with E-state index < -0.39 is 5.97 Å². The Morgan fingerprint density at radius 2 is 1.43 bits per heavy atom. The molecule has 4 fully saturated rings. The largest absolute Gasteiger partial charge is 0.481 e. The molecule has 266 valence electrons. The summed E-state index contributed by atoms with van der Waals surface area (Å²) in [5.41, 5.74) is 3.97. The Hall–Kier alpha value is -0.910. The molecule has 0 aromatic carbocycles. The molecule has 46 heavy (non-hydrogen) atoms. The van der Waals surface area contributed by atoms with Crippen LogP contribution in [0.5, 0.6) is 0 Å². The van der Waals surface area contributed by atoms with Gasteiger partial charge in [-0.1, -0.05) is 90.7 Å². The number of carbonyl (C=O) groups is 1. The van der Waals surface area contributed by atoms with Crippen LogP contribution in [0.2, 0.25) is 0 Å². The standard InChI is InChI=1S/C41H73NO4/c1-4-5-6-7-8-9-10-11-12-13-14-15-16-17-18-19-30-42-46-32-45-35-26-28-41(3)34(31-35)20-23-36-37-24-21-33(22-25-39(43)44)40(37,2)29-27-38(36)41/h11-12,33-38,42H,4-10,13-32H2,1-3H3,(H,43,44)/b12-11-/t33?,34?,35-,36?,37?,38?,40-,41+/m1/s1. The molecule has 0 amide bonds. The first kappa shape index (κ1) is 37.9. The van der Waals surface area contributed by atoms with E-state index in [-0.39, 0.29) is 0 Å². The van der Waals surface area contributed by atoms with Crippen molar-refractivity contribution < 1.29 is 19.5 Å². The number of carboxylic acid groups (broad SMARTS) is 1. The molecule has 0 radical (unpaired) electrons. The van der Waals surface area contributed by atoms with Crippen molar-refractivity contribution in [1.82, 2.24) is 5.48 Å². The van der Waals surface area contributed by atoms with E-state index in [9.17, 15) is 9.90 Å². The molecule has 0 aromatic rings. The maximum absolute atomic E-state index is 11.3. The van der Waals surface area contributed by atoms with E-state index >= 15 is 0 Å². The monoisotopic (exact) mass is 644 g/mol. The number of hydrogen-bond acceptors (Lipinski definition) is 4. The van der Waals surface area contributed by atoms with Gasteiger partial charge in [0, 0.05) is 13.0 Å². The topological polar surface area (TPSA) is 67.8 Å². The van der Waals surface area contributed by atoms with Crippen LogP contribution in [-0.4, -0.2) is 30.5 Å². The first-order valence-corrected chi connectivity index (χ1v) is 20.2. The molecular weight excluding hydrogens is 570 g/mol. The number of ether oxygens (including phenoxy) is 1. The lowest BCUT2D eigenvalue weighted by molar-refractivity contribution is -0.170. The van der Waals surface area contributed by atoms with Crippen molar-refractivity contribution in [1.29, 1.82) is 0 Å². The Balaban J connectivity index is 0.994. The summed E-state index contributed by atoms with van der Waals surface area (Å²) < 4.78 is 6.25. The van der Waals surface area contributed by atoms with Gasteiger partial charge < -0.3 is 9.84 Å². The zero-order valence-electron chi connectivity index (χ0n) is 30.4. The number of hydroxylamine groups is 1. The number of carboxylic acids is 1. The maximum Gasteiger partial charge on any atom is 0.303 e. The number of aliphatic carboxylic acids is 1. The fourth-order valence-electron chi connectivity index (χ4n) is 10.9. The van der Waals surface area contributed by atoms with Crippen LogP contribution in [0.1, 0.15) is 181 Å². The second-order valence-corrected chi connectivity index (χ2v) is 16.6. The van der Waals surface area contributed by atoms with Crippen molar-refractivity contribution >= 4 is 5.97 Å². The molecule has 4 rings (SSSR count). The lowest BCUT2D eigenvalue weighted by atomic mass is 9.44. The highest BCUT2D eigenvalue weighted by Gasteiger charge is 2.60. The Morgan fingerprint density at radius 1 is 0.783 bits per heavy atom. The lowest BCUT2D eigenvalue weighted by Crippen LogP contribution is -2.54. The summed E-state index contributed by atoms with van der Waals surface area (Å²) >= 11 is 0. The molecular formula is C41H73NO4. The number of allylic oxidation sites excluding steroid dienone is 2. The van der Waals surface area contributed by atoms with Gasteiger partial charge in [-0.15, -0.1) is 0 Å². The van der Waals surface area contributed by atoms with E-state index in [0.29, 0.717) is 36.1 Å². The molecule has 0 saturated heterocycles. The Bertz CT molecular complexity index is 892. The van der Waals surface area contributed by atoms with E-state index in [0.717, 1.165) is 43.1 Å². The number of unbranched alkanes of at least 4 members (excludes halogenated alkanes) is 12. The Morgan fingerprint density at radius 3 is 2.15 bits per heavy atom. The van der Waals surface area contributed by atoms with Crippen LogP contribution in [0.3, 0.4) is 0 Å². The molecule has 0 aliphatic heterocycles. The second-order valence-electron chi connectivity index (χ2n) is 16.6. The maximum atomic E-state index is 11.3. The number of fused-ring (bicyclic) bond motifs is 5. The number of hydrogen-bond donors (Lipinski definition) is 2. The molecule has 4 saturated carbocycles. The van der Waals surface area contributed by atoms with Gasteiger partial charge in [-0.05, 0) is 137 Å². The van der Waals surface area contributed by atoms with E-state index in [2.05, 4.69) is 38.4 Å². The van der Waals surface area contributed by atoms with Gasteiger partial charge in [0.1, 0.15) is 0 Å². The average Bonchev–Trinajstić information content (AvgIpc) is 3.39. The quantitative estimate of drug-likeness (QED) is 0.0502. The molecule has 4 aliphatic rings. The summed E-state index contributed by atoms with van der Waals surface area (Å²) in [6.07, 6.45) is 36.7. The molecule has 8 atom stereocenters. The summed E-state index contributed by atoms with van der Waals surface area (Å²) in [6.45, 7) is 8.71. The van der Waals surface area contributed by atoms with Crippen LogP contribution in [0.4, 0.5) is 0 Å². The molecule has 0 heterocycles. The Labute approximate surface area is 283 Å². The van der Waals surface area contributed by atoms with Gasteiger partial charge in [0.15, 0.2) is 6.79 Å². The highest BCUT2D eigenvalue weighted by atomic mass is 16.8. The third kappa shape index (κ3) is 10.8. The van der Waals surface area contributed by atoms with Crippen LogP contribution in [0, 0.1) is 40.4 Å². The number of nitrogens with one attached hydrogen (secondary N) is 1. The van der Waals surface area contributed by atoms with E-state index in [1.54, 1.807) is 0 Å². The highest BCUT2D eigenvalue weighted by Crippen LogP contribution is 2.68. The first-order valence-electron chi connectivity index (χ1n) is 20.2. The molecule has 5 heteroatoms. The summed E-state index contributed by atoms with van der Waals surface area (Å²) in [6, 6.07) is 0. The minimum atomic E-state index is -0.623. The van der Waals surface area contributed by atoms with Gasteiger partial charge in [0.05, 0.1) is 6.10 Å². The van der Waals surface area contributed by atoms with Gasteiger partial charge in [0.2, 0.25) is 0 Å². The smallest absolute Gasteiger partial charge is 0.303 e. The van der Waals surface area contributed by atoms with Crippen molar-refractivity contribution in [3.8, 4) is 0 Å². The van der Waals surface area contributed by atoms with Gasteiger partial charge in [0.25, 0.3) is 0 Å². The third-order valence-corrected chi connectivity index (χ3v) is 13.8. The molecule has 0 spiro atoms. The van der Waals surface area contributed by atoms with Crippen LogP contribution in [-0.2, 0) is 14.4 Å². The van der Waals surface area contributed by atoms with Crippen molar-refractivity contribution in [2.45, 2.75) is 187 Å². The molecule has 2 N–H and O–H groups in total. The van der Waals surface area contributed by atoms with Gasteiger partial charge >= 0.3 is 5.97 Å². The van der Waals surface area contributed by atoms with Crippen molar-refractivity contribution in [3.63, 3.8) is 0 Å². The van der Waals surface area contributed by atoms with Crippen LogP contribution in [0.25, 0.3) is 0 Å². The van der Waals surface area contributed by atoms with Gasteiger partial charge in [-0.25, -0.2) is 0 Å². The van der Waals surface area contributed by atoms with Gasteiger partial charge in [-0.2, -0.15) is 5.48 Å². The highest BCUT2D eigenvalue weighted by molar-refractivity contribution is 5.66. The fraction of sp³-hybridized carbons (Fsp3) is 0.927. The molecule has 5 unspecified atom stereocenters. The van der Waals surface area contributed by atoms with Crippen molar-refractivity contribution in [2.75, 3.05) is 13.3 Å². The number of rotatable bonds is 23. The zero-order valence-corrected chi connectivity index (χ0v) is 30.4. The predicted octanol–water partition coefficient (Wildman–Crippen LogP) is 11.4.